The standard InChI is InChI=1S/C8H7O.ClH.Zn/c1-7(9)8-5-3-2-4-6-8;;/h3-6H,1H3;1H;/q-1;;. The summed E-state index contributed by atoms with van der Waals surface area (Å²) in [6.07, 6.45) is 0. The Balaban J connectivity index is 0. The molecule has 0 bridgehead atoms. The van der Waals surface area contributed by atoms with E-state index in [-0.39, 0.29) is 37.7 Å². The number of ketones is 1. The first-order valence-corrected chi connectivity index (χ1v) is 2.78. The first-order chi connectivity index (χ1) is 4.30. The van der Waals surface area contributed by atoms with Crippen LogP contribution >= 0.6 is 12.4 Å². The Morgan fingerprint density at radius 2 is 1.82 bits per heavy atom. The van der Waals surface area contributed by atoms with Gasteiger partial charge in [0.2, 0.25) is 0 Å². The molecule has 0 aromatic heterocycles. The Hall–Kier alpha value is -0.197. The van der Waals surface area contributed by atoms with Crippen molar-refractivity contribution in [3.05, 3.63) is 35.9 Å². The van der Waals surface area contributed by atoms with Crippen LogP contribution in [0.5, 0.6) is 0 Å². The molecule has 0 atom stereocenters. The van der Waals surface area contributed by atoms with E-state index in [1.165, 1.54) is 0 Å². The molecule has 0 fully saturated rings. The normalized spacial score (nSPS) is 7.36. The van der Waals surface area contributed by atoms with Crippen molar-refractivity contribution in [1.82, 2.24) is 0 Å². The summed E-state index contributed by atoms with van der Waals surface area (Å²) in [5.74, 6) is 0.101. The molecule has 56 valence electrons. The molecule has 0 saturated carbocycles. The number of benzene rings is 1. The number of hydrogen-bond acceptors (Lipinski definition) is 1. The second-order valence-corrected chi connectivity index (χ2v) is 1.84. The van der Waals surface area contributed by atoms with Crippen molar-refractivity contribution in [2.75, 3.05) is 0 Å². The van der Waals surface area contributed by atoms with Crippen molar-refractivity contribution in [3.63, 3.8) is 0 Å². The summed E-state index contributed by atoms with van der Waals surface area (Å²) in [6, 6.07) is 9.81. The van der Waals surface area contributed by atoms with Crippen molar-refractivity contribution in [3.8, 4) is 0 Å². The summed E-state index contributed by atoms with van der Waals surface area (Å²) in [4.78, 5) is 10.6. The number of carbonyl (C=O) groups excluding carboxylic acids is 1. The van der Waals surface area contributed by atoms with Crippen LogP contribution in [0.4, 0.5) is 0 Å². The molecule has 0 aliphatic carbocycles. The average molecular weight is 221 g/mol. The maximum atomic E-state index is 10.6. The van der Waals surface area contributed by atoms with E-state index >= 15 is 0 Å². The Morgan fingerprint density at radius 3 is 2.09 bits per heavy atom. The molecule has 3 heteroatoms. The Bertz CT molecular complexity index is 211. The minimum atomic E-state index is 0. The average Bonchev–Trinajstić information content (AvgIpc) is 1.90. The quantitative estimate of drug-likeness (QED) is 0.403. The number of rotatable bonds is 1. The van der Waals surface area contributed by atoms with E-state index in [2.05, 4.69) is 6.07 Å². The third-order valence-corrected chi connectivity index (χ3v) is 1.12. The maximum Gasteiger partial charge on any atom is 0.135 e. The van der Waals surface area contributed by atoms with Gasteiger partial charge < -0.3 is 0 Å². The first kappa shape index (κ1) is 13.4. The topological polar surface area (TPSA) is 17.1 Å². The molecule has 0 radical (unpaired) electrons. The third-order valence-electron chi connectivity index (χ3n) is 1.12. The van der Waals surface area contributed by atoms with Gasteiger partial charge >= 0.3 is 0 Å². The molecule has 0 heterocycles. The van der Waals surface area contributed by atoms with Gasteiger partial charge in [0.1, 0.15) is 5.78 Å². The number of Topliss-reactive ketones (excluding diaryl/α,β-unsaturated/α-hetero) is 1. The Labute approximate surface area is 85.4 Å². The van der Waals surface area contributed by atoms with E-state index in [0.29, 0.717) is 0 Å². The fourth-order valence-corrected chi connectivity index (χ4v) is 0.622. The van der Waals surface area contributed by atoms with Gasteiger partial charge in [-0.05, 0) is 6.92 Å². The first-order valence-electron chi connectivity index (χ1n) is 2.78. The van der Waals surface area contributed by atoms with E-state index < -0.39 is 0 Å². The van der Waals surface area contributed by atoms with Crippen LogP contribution in [0.1, 0.15) is 17.3 Å². The largest absolute Gasteiger partial charge is 0.297 e. The molecule has 0 spiro atoms. The summed E-state index contributed by atoms with van der Waals surface area (Å²) in [6.45, 7) is 1.55. The Morgan fingerprint density at radius 1 is 1.36 bits per heavy atom. The van der Waals surface area contributed by atoms with Crippen molar-refractivity contribution < 1.29 is 24.3 Å². The smallest absolute Gasteiger partial charge is 0.135 e. The van der Waals surface area contributed by atoms with E-state index in [4.69, 9.17) is 0 Å². The molecular weight excluding hydrogens is 213 g/mol. The summed E-state index contributed by atoms with van der Waals surface area (Å²) in [5.41, 5.74) is 0.744. The van der Waals surface area contributed by atoms with Gasteiger partial charge in [-0.1, -0.05) is 5.56 Å². The van der Waals surface area contributed by atoms with Crippen molar-refractivity contribution >= 4 is 18.2 Å². The van der Waals surface area contributed by atoms with Crippen LogP contribution in [0.25, 0.3) is 0 Å². The number of carbonyl (C=O) groups is 1. The molecule has 1 nitrogen and oxygen atoms in total. The van der Waals surface area contributed by atoms with Gasteiger partial charge in [-0.2, -0.15) is 30.3 Å². The van der Waals surface area contributed by atoms with Crippen LogP contribution in [0.3, 0.4) is 0 Å². The zero-order valence-electron chi connectivity index (χ0n) is 6.33. The van der Waals surface area contributed by atoms with Crippen LogP contribution < -0.4 is 0 Å². The molecular formula is C8H8ClOZn-. The fourth-order valence-electron chi connectivity index (χ4n) is 0.622. The summed E-state index contributed by atoms with van der Waals surface area (Å²) in [7, 11) is 0. The molecule has 1 aromatic rings. The van der Waals surface area contributed by atoms with Crippen LogP contribution in [-0.2, 0) is 19.5 Å². The van der Waals surface area contributed by atoms with Gasteiger partial charge in [0.05, 0.1) is 0 Å². The fraction of sp³-hybridized carbons (Fsp3) is 0.125. The Kier molecular flexibility index (Phi) is 7.93. The number of hydrogen-bond donors (Lipinski definition) is 0. The minimum Gasteiger partial charge on any atom is -0.297 e. The van der Waals surface area contributed by atoms with Crippen LogP contribution in [0.2, 0.25) is 0 Å². The predicted molar refractivity (Wildman–Crippen MR) is 42.5 cm³/mol. The summed E-state index contributed by atoms with van der Waals surface area (Å²) >= 11 is 0. The predicted octanol–water partition coefficient (Wildman–Crippen LogP) is 2.11. The molecule has 0 aliphatic rings. The third kappa shape index (κ3) is 4.28. The SMILES string of the molecule is CC(=O)c1cc[c-]cc1.Cl.[Zn]. The zero-order chi connectivity index (χ0) is 6.69. The monoisotopic (exact) mass is 219 g/mol. The van der Waals surface area contributed by atoms with Crippen molar-refractivity contribution in [2.45, 2.75) is 6.92 Å². The molecule has 0 N–H and O–H groups in total. The summed E-state index contributed by atoms with van der Waals surface area (Å²) < 4.78 is 0. The van der Waals surface area contributed by atoms with Gasteiger partial charge in [0.15, 0.2) is 0 Å². The molecule has 11 heavy (non-hydrogen) atoms. The van der Waals surface area contributed by atoms with Crippen LogP contribution in [-0.4, -0.2) is 5.78 Å². The van der Waals surface area contributed by atoms with Gasteiger partial charge in [-0.15, -0.1) is 12.4 Å². The maximum absolute atomic E-state index is 10.6. The van der Waals surface area contributed by atoms with Crippen LogP contribution in [0, 0.1) is 6.07 Å². The molecule has 0 saturated heterocycles. The van der Waals surface area contributed by atoms with E-state index in [9.17, 15) is 4.79 Å². The molecule has 0 unspecified atom stereocenters. The van der Waals surface area contributed by atoms with Crippen LogP contribution in [0.15, 0.2) is 24.3 Å². The van der Waals surface area contributed by atoms with Crippen molar-refractivity contribution in [2.24, 2.45) is 0 Å². The molecule has 1 aromatic carbocycles. The number of halogens is 1. The van der Waals surface area contributed by atoms with E-state index in [0.717, 1.165) is 5.56 Å². The zero-order valence-corrected chi connectivity index (χ0v) is 10.1. The van der Waals surface area contributed by atoms with E-state index in [1.54, 1.807) is 31.2 Å². The van der Waals surface area contributed by atoms with Gasteiger partial charge in [-0.25, -0.2) is 0 Å². The van der Waals surface area contributed by atoms with Gasteiger partial charge in [0, 0.05) is 19.5 Å². The second-order valence-electron chi connectivity index (χ2n) is 1.84. The second kappa shape index (κ2) is 6.51. The van der Waals surface area contributed by atoms with E-state index in [1.807, 2.05) is 0 Å². The summed E-state index contributed by atoms with van der Waals surface area (Å²) in [5, 5.41) is 0. The molecule has 1 rings (SSSR count). The van der Waals surface area contributed by atoms with Crippen molar-refractivity contribution in [1.29, 1.82) is 0 Å². The molecule has 0 amide bonds. The van der Waals surface area contributed by atoms with Gasteiger partial charge in [0.25, 0.3) is 0 Å². The molecule has 0 aliphatic heterocycles. The van der Waals surface area contributed by atoms with Gasteiger partial charge in [-0.3, -0.25) is 4.79 Å². The minimum absolute atomic E-state index is 0.